The fourth-order valence-corrected chi connectivity index (χ4v) is 5.54. The molecule has 0 bridgehead atoms. The van der Waals surface area contributed by atoms with E-state index >= 15 is 4.39 Å². The molecule has 11 heteroatoms. The highest BCUT2D eigenvalue weighted by Gasteiger charge is 2.24. The summed E-state index contributed by atoms with van der Waals surface area (Å²) in [6.45, 7) is 5.48. The number of nitrogens with zero attached hydrogens (tertiary/aromatic N) is 5. The van der Waals surface area contributed by atoms with Crippen molar-refractivity contribution in [2.75, 3.05) is 48.6 Å². The minimum Gasteiger partial charge on any atom is -0.345 e. The van der Waals surface area contributed by atoms with Crippen LogP contribution in [0.1, 0.15) is 13.3 Å². The molecule has 7 nitrogen and oxygen atoms in total. The van der Waals surface area contributed by atoms with Gasteiger partial charge in [-0.3, -0.25) is 0 Å². The molecule has 1 fully saturated rings. The molecular formula is C21H24ClFN6OS2. The average Bonchev–Trinajstić information content (AvgIpc) is 3.21. The molecule has 170 valence electrons. The van der Waals surface area contributed by atoms with Gasteiger partial charge in [0, 0.05) is 43.7 Å². The number of anilines is 2. The van der Waals surface area contributed by atoms with Crippen LogP contribution in [-0.2, 0) is 11.0 Å². The monoisotopic (exact) mass is 494 g/mol. The first-order chi connectivity index (χ1) is 15.5. The molecule has 1 saturated heterocycles. The minimum absolute atomic E-state index is 0.119. The van der Waals surface area contributed by atoms with Crippen molar-refractivity contribution in [2.24, 2.45) is 0 Å². The van der Waals surface area contributed by atoms with Crippen molar-refractivity contribution in [2.45, 2.75) is 13.3 Å². The molecule has 1 aliphatic rings. The van der Waals surface area contributed by atoms with E-state index in [0.29, 0.717) is 27.6 Å². The predicted molar refractivity (Wildman–Crippen MR) is 130 cm³/mol. The van der Waals surface area contributed by atoms with Crippen molar-refractivity contribution in [1.82, 2.24) is 19.9 Å². The van der Waals surface area contributed by atoms with Gasteiger partial charge in [0.15, 0.2) is 10.9 Å². The Kier molecular flexibility index (Phi) is 7.34. The van der Waals surface area contributed by atoms with Gasteiger partial charge < -0.3 is 14.5 Å². The number of nitrogens with one attached hydrogen (secondary N) is 1. The third-order valence-electron chi connectivity index (χ3n) is 5.12. The number of benzene rings is 1. The van der Waals surface area contributed by atoms with Crippen LogP contribution < -0.4 is 9.62 Å². The lowest BCUT2D eigenvalue weighted by molar-refractivity contribution is 0.313. The lowest BCUT2D eigenvalue weighted by Crippen LogP contribution is -2.44. The largest absolute Gasteiger partial charge is 0.345 e. The van der Waals surface area contributed by atoms with Crippen molar-refractivity contribution in [3.8, 4) is 21.8 Å². The number of hydrogen-bond acceptors (Lipinski definition) is 7. The van der Waals surface area contributed by atoms with Gasteiger partial charge in [0.25, 0.3) is 0 Å². The second kappa shape index (κ2) is 10.2. The molecular weight excluding hydrogens is 471 g/mol. The van der Waals surface area contributed by atoms with Crippen molar-refractivity contribution < 1.29 is 8.60 Å². The number of aromatic nitrogens is 3. The highest BCUT2D eigenvalue weighted by atomic mass is 35.5. The quantitative estimate of drug-likeness (QED) is 0.494. The van der Waals surface area contributed by atoms with Gasteiger partial charge in [-0.05, 0) is 43.3 Å². The minimum atomic E-state index is -1.35. The van der Waals surface area contributed by atoms with E-state index in [1.165, 1.54) is 11.3 Å². The number of rotatable bonds is 7. The van der Waals surface area contributed by atoms with Crippen LogP contribution in [-0.4, -0.2) is 63.0 Å². The molecule has 1 N–H and O–H groups in total. The number of halogens is 2. The fourth-order valence-electron chi connectivity index (χ4n) is 3.41. The van der Waals surface area contributed by atoms with Gasteiger partial charge in [0.1, 0.15) is 11.0 Å². The van der Waals surface area contributed by atoms with E-state index in [1.54, 1.807) is 30.5 Å². The molecule has 0 amide bonds. The highest BCUT2D eigenvalue weighted by molar-refractivity contribution is 7.86. The van der Waals surface area contributed by atoms with Crippen LogP contribution in [0.2, 0.25) is 5.28 Å². The second-order valence-corrected chi connectivity index (χ2v) is 10.1. The molecule has 32 heavy (non-hydrogen) atoms. The lowest BCUT2D eigenvalue weighted by atomic mass is 10.1. The van der Waals surface area contributed by atoms with E-state index in [-0.39, 0.29) is 11.0 Å². The zero-order valence-corrected chi connectivity index (χ0v) is 20.2. The Morgan fingerprint density at radius 1 is 1.22 bits per heavy atom. The summed E-state index contributed by atoms with van der Waals surface area (Å²) in [5.41, 5.74) is 1.59. The maximum absolute atomic E-state index is 15.5. The van der Waals surface area contributed by atoms with Gasteiger partial charge in [-0.1, -0.05) is 24.3 Å². The average molecular weight is 495 g/mol. The van der Waals surface area contributed by atoms with E-state index in [4.69, 9.17) is 16.6 Å². The molecule has 1 aliphatic heterocycles. The SMILES string of the molecule is CCCS(=O)Nc1cccc(-c2nc(N3CCN(C)CC3)sc2-c2ccnc(Cl)n2)c1F. The van der Waals surface area contributed by atoms with Gasteiger partial charge in [0.05, 0.1) is 22.0 Å². The summed E-state index contributed by atoms with van der Waals surface area (Å²) in [5, 5.41) is 0.930. The van der Waals surface area contributed by atoms with Crippen molar-refractivity contribution in [1.29, 1.82) is 0 Å². The fraction of sp³-hybridized carbons (Fsp3) is 0.381. The predicted octanol–water partition coefficient (Wildman–Crippen LogP) is 4.30. The maximum Gasteiger partial charge on any atom is 0.222 e. The normalized spacial score (nSPS) is 15.7. The third kappa shape index (κ3) is 5.09. The van der Waals surface area contributed by atoms with Crippen LogP contribution in [0.15, 0.2) is 30.5 Å². The Morgan fingerprint density at radius 2 is 2.00 bits per heavy atom. The Balaban J connectivity index is 1.78. The van der Waals surface area contributed by atoms with Gasteiger partial charge in [-0.15, -0.1) is 0 Å². The number of hydrogen-bond donors (Lipinski definition) is 1. The standard InChI is InChI=1S/C21H24ClFN6OS2/c1-3-13-32(30)27-15-6-4-5-14(17(15)23)18-19(16-7-8-24-20(22)25-16)31-21(26-18)29-11-9-28(2)10-12-29/h4-8,27H,3,9-13H2,1-2H3. The Labute approximate surface area is 198 Å². The van der Waals surface area contributed by atoms with Crippen molar-refractivity contribution in [3.05, 3.63) is 41.6 Å². The Morgan fingerprint density at radius 3 is 2.72 bits per heavy atom. The molecule has 1 atom stereocenters. The Hall–Kier alpha value is -2.14. The summed E-state index contributed by atoms with van der Waals surface area (Å²) in [7, 11) is 0.741. The molecule has 4 rings (SSSR count). The Bertz CT molecular complexity index is 1120. The molecule has 1 aromatic carbocycles. The first-order valence-corrected chi connectivity index (χ1v) is 12.8. The number of likely N-dealkylation sites (N-methyl/N-ethyl adjacent to an activating group) is 1. The van der Waals surface area contributed by atoms with Crippen LogP contribution in [0.5, 0.6) is 0 Å². The summed E-state index contributed by atoms with van der Waals surface area (Å²) >= 11 is 7.50. The first-order valence-electron chi connectivity index (χ1n) is 10.3. The van der Waals surface area contributed by atoms with Crippen LogP contribution in [0.25, 0.3) is 21.8 Å². The van der Waals surface area contributed by atoms with E-state index in [0.717, 1.165) is 37.7 Å². The van der Waals surface area contributed by atoms with Gasteiger partial charge in [-0.2, -0.15) is 0 Å². The van der Waals surface area contributed by atoms with E-state index in [1.807, 2.05) is 6.92 Å². The van der Waals surface area contributed by atoms with E-state index in [9.17, 15) is 4.21 Å². The zero-order valence-electron chi connectivity index (χ0n) is 17.8. The summed E-state index contributed by atoms with van der Waals surface area (Å²) < 4.78 is 30.5. The van der Waals surface area contributed by atoms with Gasteiger partial charge in [0.2, 0.25) is 5.28 Å². The summed E-state index contributed by atoms with van der Waals surface area (Å²) in [6, 6.07) is 6.74. The summed E-state index contributed by atoms with van der Waals surface area (Å²) in [5.74, 6) is -0.0490. The summed E-state index contributed by atoms with van der Waals surface area (Å²) in [6.07, 6.45) is 2.31. The van der Waals surface area contributed by atoms with Gasteiger partial charge >= 0.3 is 0 Å². The molecule has 2 aromatic heterocycles. The van der Waals surface area contributed by atoms with Gasteiger partial charge in [-0.25, -0.2) is 23.6 Å². The van der Waals surface area contributed by atoms with Crippen molar-refractivity contribution >= 4 is 44.7 Å². The number of piperazine rings is 1. The van der Waals surface area contributed by atoms with Crippen LogP contribution in [0.4, 0.5) is 15.2 Å². The first kappa shape index (κ1) is 23.0. The number of thiazole rings is 1. The summed E-state index contributed by atoms with van der Waals surface area (Å²) in [4.78, 5) is 18.3. The topological polar surface area (TPSA) is 74.2 Å². The van der Waals surface area contributed by atoms with Crippen LogP contribution in [0.3, 0.4) is 0 Å². The van der Waals surface area contributed by atoms with E-state index in [2.05, 4.69) is 31.5 Å². The molecule has 0 spiro atoms. The lowest BCUT2D eigenvalue weighted by Gasteiger charge is -2.32. The van der Waals surface area contributed by atoms with E-state index < -0.39 is 16.8 Å². The zero-order chi connectivity index (χ0) is 22.7. The molecule has 3 heterocycles. The molecule has 0 radical (unpaired) electrons. The third-order valence-corrected chi connectivity index (χ3v) is 7.66. The molecule has 0 aliphatic carbocycles. The second-order valence-electron chi connectivity index (χ2n) is 7.49. The molecule has 3 aromatic rings. The molecule has 0 saturated carbocycles. The van der Waals surface area contributed by atoms with Crippen molar-refractivity contribution in [3.63, 3.8) is 0 Å². The maximum atomic E-state index is 15.5. The smallest absolute Gasteiger partial charge is 0.222 e. The van der Waals surface area contributed by atoms with Crippen LogP contribution >= 0.6 is 22.9 Å². The molecule has 1 unspecified atom stereocenters. The highest BCUT2D eigenvalue weighted by Crippen LogP contribution is 2.41. The van der Waals surface area contributed by atoms with Crippen LogP contribution in [0, 0.1) is 5.82 Å².